The van der Waals surface area contributed by atoms with Gasteiger partial charge in [0, 0.05) is 6.54 Å². The molecular formula is C16H19NO3. The Morgan fingerprint density at radius 3 is 2.75 bits per heavy atom. The van der Waals surface area contributed by atoms with Crippen molar-refractivity contribution in [1.29, 1.82) is 0 Å². The zero-order chi connectivity index (χ0) is 14.4. The van der Waals surface area contributed by atoms with Crippen LogP contribution in [-0.2, 0) is 17.9 Å². The van der Waals surface area contributed by atoms with E-state index >= 15 is 0 Å². The Morgan fingerprint density at radius 2 is 2.05 bits per heavy atom. The predicted octanol–water partition coefficient (Wildman–Crippen LogP) is 3.13. The largest absolute Gasteiger partial charge is 0.459 e. The molecular weight excluding hydrogens is 254 g/mol. The molecule has 1 aromatic carbocycles. The van der Waals surface area contributed by atoms with Gasteiger partial charge in [-0.1, -0.05) is 24.3 Å². The van der Waals surface area contributed by atoms with E-state index in [1.807, 2.05) is 38.1 Å². The van der Waals surface area contributed by atoms with Crippen molar-refractivity contribution in [2.24, 2.45) is 0 Å². The lowest BCUT2D eigenvalue weighted by molar-refractivity contribution is 0.0657. The first kappa shape index (κ1) is 14.3. The number of carbonyl (C=O) groups is 1. The third-order valence-corrected chi connectivity index (χ3v) is 2.77. The van der Waals surface area contributed by atoms with E-state index in [-0.39, 0.29) is 12.0 Å². The van der Waals surface area contributed by atoms with Gasteiger partial charge in [-0.25, -0.2) is 0 Å². The minimum Gasteiger partial charge on any atom is -0.459 e. The monoisotopic (exact) mass is 273 g/mol. The van der Waals surface area contributed by atoms with E-state index < -0.39 is 0 Å². The van der Waals surface area contributed by atoms with Crippen LogP contribution in [0.25, 0.3) is 0 Å². The number of amides is 1. The summed E-state index contributed by atoms with van der Waals surface area (Å²) < 4.78 is 10.6. The Morgan fingerprint density at radius 1 is 1.25 bits per heavy atom. The van der Waals surface area contributed by atoms with E-state index in [0.717, 1.165) is 11.1 Å². The summed E-state index contributed by atoms with van der Waals surface area (Å²) >= 11 is 0. The van der Waals surface area contributed by atoms with Gasteiger partial charge in [0.2, 0.25) is 0 Å². The van der Waals surface area contributed by atoms with E-state index in [9.17, 15) is 4.79 Å². The first-order valence-corrected chi connectivity index (χ1v) is 6.66. The number of nitrogens with one attached hydrogen (secondary N) is 1. The summed E-state index contributed by atoms with van der Waals surface area (Å²) in [5.74, 6) is 0.114. The molecule has 0 radical (unpaired) electrons. The van der Waals surface area contributed by atoms with Crippen LogP contribution in [0.2, 0.25) is 0 Å². The van der Waals surface area contributed by atoms with Gasteiger partial charge < -0.3 is 14.5 Å². The van der Waals surface area contributed by atoms with Crippen LogP contribution in [0.15, 0.2) is 47.1 Å². The maximum Gasteiger partial charge on any atom is 0.287 e. The highest BCUT2D eigenvalue weighted by Gasteiger charge is 2.07. The molecule has 106 valence electrons. The van der Waals surface area contributed by atoms with E-state index in [1.54, 1.807) is 12.1 Å². The van der Waals surface area contributed by atoms with Crippen LogP contribution in [0.5, 0.6) is 0 Å². The van der Waals surface area contributed by atoms with Gasteiger partial charge in [-0.2, -0.15) is 0 Å². The van der Waals surface area contributed by atoms with Gasteiger partial charge in [0.05, 0.1) is 19.0 Å². The van der Waals surface area contributed by atoms with Crippen molar-refractivity contribution >= 4 is 5.91 Å². The van der Waals surface area contributed by atoms with Crippen molar-refractivity contribution in [3.05, 3.63) is 59.5 Å². The fraction of sp³-hybridized carbons (Fsp3) is 0.312. The number of furan rings is 1. The van der Waals surface area contributed by atoms with Crippen molar-refractivity contribution < 1.29 is 13.9 Å². The van der Waals surface area contributed by atoms with Crippen molar-refractivity contribution in [3.8, 4) is 0 Å². The summed E-state index contributed by atoms with van der Waals surface area (Å²) in [6.07, 6.45) is 1.69. The summed E-state index contributed by atoms with van der Waals surface area (Å²) in [4.78, 5) is 11.7. The number of ether oxygens (including phenoxy) is 1. The molecule has 4 heteroatoms. The van der Waals surface area contributed by atoms with Gasteiger partial charge in [-0.05, 0) is 37.1 Å². The smallest absolute Gasteiger partial charge is 0.287 e. The summed E-state index contributed by atoms with van der Waals surface area (Å²) in [7, 11) is 0. The van der Waals surface area contributed by atoms with Crippen LogP contribution in [-0.4, -0.2) is 12.0 Å². The van der Waals surface area contributed by atoms with Crippen molar-refractivity contribution in [2.75, 3.05) is 0 Å². The Labute approximate surface area is 118 Å². The van der Waals surface area contributed by atoms with Crippen molar-refractivity contribution in [2.45, 2.75) is 33.1 Å². The lowest BCUT2D eigenvalue weighted by Crippen LogP contribution is -2.22. The Balaban J connectivity index is 1.89. The van der Waals surface area contributed by atoms with Crippen LogP contribution >= 0.6 is 0 Å². The molecule has 20 heavy (non-hydrogen) atoms. The van der Waals surface area contributed by atoms with Crippen LogP contribution in [0.1, 0.15) is 35.5 Å². The maximum absolute atomic E-state index is 11.7. The van der Waals surface area contributed by atoms with E-state index in [2.05, 4.69) is 5.32 Å². The predicted molar refractivity (Wildman–Crippen MR) is 76.2 cm³/mol. The van der Waals surface area contributed by atoms with Crippen molar-refractivity contribution in [1.82, 2.24) is 5.32 Å². The molecule has 2 aromatic rings. The molecule has 1 N–H and O–H groups in total. The first-order chi connectivity index (χ1) is 9.65. The van der Waals surface area contributed by atoms with Crippen molar-refractivity contribution in [3.63, 3.8) is 0 Å². The number of rotatable bonds is 6. The molecule has 4 nitrogen and oxygen atoms in total. The van der Waals surface area contributed by atoms with Crippen LogP contribution in [0, 0.1) is 0 Å². The molecule has 1 heterocycles. The highest BCUT2D eigenvalue weighted by molar-refractivity contribution is 5.91. The second-order valence-electron chi connectivity index (χ2n) is 4.84. The topological polar surface area (TPSA) is 51.5 Å². The molecule has 0 atom stereocenters. The molecule has 2 rings (SSSR count). The summed E-state index contributed by atoms with van der Waals surface area (Å²) in [5, 5.41) is 2.82. The third kappa shape index (κ3) is 4.24. The van der Waals surface area contributed by atoms with Gasteiger partial charge in [-0.15, -0.1) is 0 Å². The molecule has 0 aliphatic rings. The molecule has 0 saturated heterocycles. The molecule has 0 fully saturated rings. The number of hydrogen-bond donors (Lipinski definition) is 1. The minimum atomic E-state index is -0.209. The summed E-state index contributed by atoms with van der Waals surface area (Å²) in [6, 6.07) is 11.3. The lowest BCUT2D eigenvalue weighted by Gasteiger charge is -2.09. The maximum atomic E-state index is 11.7. The second-order valence-corrected chi connectivity index (χ2v) is 4.84. The summed E-state index contributed by atoms with van der Waals surface area (Å²) in [6.45, 7) is 5.06. The fourth-order valence-electron chi connectivity index (χ4n) is 1.77. The number of benzene rings is 1. The molecule has 1 amide bonds. The Bertz CT molecular complexity index is 547. The lowest BCUT2D eigenvalue weighted by atomic mass is 10.1. The highest BCUT2D eigenvalue weighted by Crippen LogP contribution is 2.08. The number of carbonyl (C=O) groups excluding carboxylic acids is 1. The standard InChI is InChI=1S/C16H19NO3/c1-12(2)20-11-14-6-3-5-13(9-14)10-17-16(18)15-7-4-8-19-15/h3-9,12H,10-11H2,1-2H3,(H,17,18). The zero-order valence-corrected chi connectivity index (χ0v) is 11.8. The molecule has 1 aromatic heterocycles. The first-order valence-electron chi connectivity index (χ1n) is 6.66. The molecule has 0 bridgehead atoms. The van der Waals surface area contributed by atoms with Gasteiger partial charge in [0.15, 0.2) is 5.76 Å². The van der Waals surface area contributed by atoms with Crippen LogP contribution in [0.3, 0.4) is 0 Å². The summed E-state index contributed by atoms with van der Waals surface area (Å²) in [5.41, 5.74) is 2.14. The molecule has 0 aliphatic heterocycles. The minimum absolute atomic E-state index is 0.206. The van der Waals surface area contributed by atoms with E-state index in [1.165, 1.54) is 6.26 Å². The SMILES string of the molecule is CC(C)OCc1cccc(CNC(=O)c2ccco2)c1. The Kier molecular flexibility index (Phi) is 4.96. The number of hydrogen-bond acceptors (Lipinski definition) is 3. The van der Waals surface area contributed by atoms with Gasteiger partial charge in [0.25, 0.3) is 5.91 Å². The molecule has 0 aliphatic carbocycles. The van der Waals surface area contributed by atoms with Gasteiger partial charge in [-0.3, -0.25) is 4.79 Å². The highest BCUT2D eigenvalue weighted by atomic mass is 16.5. The average Bonchev–Trinajstić information content (AvgIpc) is 2.97. The van der Waals surface area contributed by atoms with Crippen LogP contribution < -0.4 is 5.32 Å². The molecule has 0 saturated carbocycles. The quantitative estimate of drug-likeness (QED) is 0.879. The average molecular weight is 273 g/mol. The third-order valence-electron chi connectivity index (χ3n) is 2.77. The van der Waals surface area contributed by atoms with E-state index in [0.29, 0.717) is 18.9 Å². The van der Waals surface area contributed by atoms with Gasteiger partial charge >= 0.3 is 0 Å². The fourth-order valence-corrected chi connectivity index (χ4v) is 1.77. The zero-order valence-electron chi connectivity index (χ0n) is 11.8. The molecule has 0 unspecified atom stereocenters. The molecule has 0 spiro atoms. The Hall–Kier alpha value is -2.07. The van der Waals surface area contributed by atoms with Crippen LogP contribution in [0.4, 0.5) is 0 Å². The second kappa shape index (κ2) is 6.91. The van der Waals surface area contributed by atoms with E-state index in [4.69, 9.17) is 9.15 Å². The van der Waals surface area contributed by atoms with Gasteiger partial charge in [0.1, 0.15) is 0 Å². The normalized spacial score (nSPS) is 10.8.